The topological polar surface area (TPSA) is 21.3 Å². The average molecular weight is 227 g/mol. The first-order valence-electron chi connectivity index (χ1n) is 5.41. The summed E-state index contributed by atoms with van der Waals surface area (Å²) in [7, 11) is 0. The minimum absolute atomic E-state index is 0.201. The molecule has 0 aliphatic rings. The Morgan fingerprint density at radius 2 is 1.80 bits per heavy atom. The van der Waals surface area contributed by atoms with Crippen LogP contribution in [0.4, 0.5) is 13.2 Å². The second-order valence-corrected chi connectivity index (χ2v) is 3.43. The Hall–Kier alpha value is -0.290. The van der Waals surface area contributed by atoms with Gasteiger partial charge in [0.2, 0.25) is 0 Å². The van der Waals surface area contributed by atoms with Crippen molar-refractivity contribution < 1.29 is 17.9 Å². The van der Waals surface area contributed by atoms with E-state index in [1.165, 1.54) is 0 Å². The number of unbranched alkanes of at least 4 members (excludes halogenated alkanes) is 1. The van der Waals surface area contributed by atoms with E-state index in [9.17, 15) is 13.2 Å². The fourth-order valence-corrected chi connectivity index (χ4v) is 1.09. The first-order valence-corrected chi connectivity index (χ1v) is 5.41. The Morgan fingerprint density at radius 1 is 1.07 bits per heavy atom. The Balaban J connectivity index is 2.99. The number of nitrogens with one attached hydrogen (secondary N) is 1. The third-order valence-electron chi connectivity index (χ3n) is 1.84. The van der Waals surface area contributed by atoms with Crippen molar-refractivity contribution in [3.8, 4) is 0 Å². The van der Waals surface area contributed by atoms with E-state index in [1.54, 1.807) is 0 Å². The van der Waals surface area contributed by atoms with Crippen LogP contribution in [-0.2, 0) is 4.74 Å². The van der Waals surface area contributed by atoms with Crippen LogP contribution in [0.1, 0.15) is 32.6 Å². The van der Waals surface area contributed by atoms with E-state index < -0.39 is 12.6 Å². The predicted molar refractivity (Wildman–Crippen MR) is 53.9 cm³/mol. The van der Waals surface area contributed by atoms with Crippen molar-refractivity contribution in [3.63, 3.8) is 0 Å². The monoisotopic (exact) mass is 227 g/mol. The van der Waals surface area contributed by atoms with Crippen LogP contribution in [0.3, 0.4) is 0 Å². The second-order valence-electron chi connectivity index (χ2n) is 3.43. The summed E-state index contributed by atoms with van der Waals surface area (Å²) >= 11 is 0. The van der Waals surface area contributed by atoms with E-state index in [2.05, 4.69) is 5.32 Å². The highest BCUT2D eigenvalue weighted by Crippen LogP contribution is 2.21. The lowest BCUT2D eigenvalue weighted by Gasteiger charge is -2.07. The highest BCUT2D eigenvalue weighted by molar-refractivity contribution is 4.53. The summed E-state index contributed by atoms with van der Waals surface area (Å²) in [6, 6.07) is 0. The molecule has 1 N–H and O–H groups in total. The van der Waals surface area contributed by atoms with Gasteiger partial charge in [-0.3, -0.25) is 0 Å². The van der Waals surface area contributed by atoms with Gasteiger partial charge in [-0.05, 0) is 25.8 Å². The van der Waals surface area contributed by atoms with Gasteiger partial charge in [-0.15, -0.1) is 0 Å². The summed E-state index contributed by atoms with van der Waals surface area (Å²) in [6.07, 6.45) is -2.93. The number of ether oxygens (including phenoxy) is 1. The molecular formula is C10H20F3NO. The maximum atomic E-state index is 11.7. The van der Waals surface area contributed by atoms with Crippen LogP contribution in [0.15, 0.2) is 0 Å². The van der Waals surface area contributed by atoms with E-state index in [0.29, 0.717) is 26.1 Å². The molecule has 2 nitrogen and oxygen atoms in total. The molecule has 0 radical (unpaired) electrons. The quantitative estimate of drug-likeness (QED) is 0.611. The number of halogens is 3. The number of hydrogen-bond donors (Lipinski definition) is 1. The summed E-state index contributed by atoms with van der Waals surface area (Å²) in [6.45, 7) is 4.75. The van der Waals surface area contributed by atoms with Crippen molar-refractivity contribution in [3.05, 3.63) is 0 Å². The zero-order valence-electron chi connectivity index (χ0n) is 9.20. The van der Waals surface area contributed by atoms with E-state index >= 15 is 0 Å². The summed E-state index contributed by atoms with van der Waals surface area (Å²) < 4.78 is 40.4. The molecule has 5 heteroatoms. The summed E-state index contributed by atoms with van der Waals surface area (Å²) in [5.41, 5.74) is 0. The minimum Gasteiger partial charge on any atom is -0.380 e. The maximum Gasteiger partial charge on any atom is 0.389 e. The Labute approximate surface area is 89.2 Å². The summed E-state index contributed by atoms with van der Waals surface area (Å²) in [5.74, 6) is 0. The van der Waals surface area contributed by atoms with Crippen LogP contribution >= 0.6 is 0 Å². The first-order chi connectivity index (χ1) is 7.06. The highest BCUT2D eigenvalue weighted by Gasteiger charge is 2.25. The Morgan fingerprint density at radius 3 is 2.40 bits per heavy atom. The van der Waals surface area contributed by atoms with Crippen LogP contribution < -0.4 is 5.32 Å². The van der Waals surface area contributed by atoms with Gasteiger partial charge in [0, 0.05) is 19.6 Å². The average Bonchev–Trinajstić information content (AvgIpc) is 2.14. The molecule has 0 aliphatic carbocycles. The maximum absolute atomic E-state index is 11.7. The normalized spacial score (nSPS) is 12.0. The number of rotatable bonds is 9. The molecule has 0 saturated heterocycles. The second kappa shape index (κ2) is 8.97. The van der Waals surface area contributed by atoms with Gasteiger partial charge in [0.15, 0.2) is 0 Å². The van der Waals surface area contributed by atoms with Crippen LogP contribution in [0.25, 0.3) is 0 Å². The van der Waals surface area contributed by atoms with Gasteiger partial charge in [-0.1, -0.05) is 6.92 Å². The third kappa shape index (κ3) is 13.7. The number of alkyl halides is 3. The van der Waals surface area contributed by atoms with Crippen molar-refractivity contribution >= 4 is 0 Å². The van der Waals surface area contributed by atoms with Crippen molar-refractivity contribution in [1.82, 2.24) is 5.32 Å². The molecule has 0 spiro atoms. The summed E-state index contributed by atoms with van der Waals surface area (Å²) in [5, 5.41) is 3.04. The van der Waals surface area contributed by atoms with Gasteiger partial charge in [0.05, 0.1) is 6.61 Å². The van der Waals surface area contributed by atoms with Gasteiger partial charge in [0.25, 0.3) is 0 Å². The smallest absolute Gasteiger partial charge is 0.380 e. The molecule has 0 fully saturated rings. The standard InChI is InChI=1S/C10H20F3NO/c1-2-8-15-9-7-14-6-4-3-5-10(11,12)13/h14H,2-9H2,1H3. The third-order valence-corrected chi connectivity index (χ3v) is 1.84. The molecule has 0 rings (SSSR count). The molecule has 15 heavy (non-hydrogen) atoms. The number of hydrogen-bond acceptors (Lipinski definition) is 2. The highest BCUT2D eigenvalue weighted by atomic mass is 19.4. The molecule has 0 aromatic heterocycles. The largest absolute Gasteiger partial charge is 0.389 e. The summed E-state index contributed by atoms with van der Waals surface area (Å²) in [4.78, 5) is 0. The van der Waals surface area contributed by atoms with Crippen molar-refractivity contribution in [2.24, 2.45) is 0 Å². The molecule has 92 valence electrons. The lowest BCUT2D eigenvalue weighted by molar-refractivity contribution is -0.135. The molecular weight excluding hydrogens is 207 g/mol. The van der Waals surface area contributed by atoms with Gasteiger partial charge < -0.3 is 10.1 Å². The van der Waals surface area contributed by atoms with Gasteiger partial charge in [0.1, 0.15) is 0 Å². The van der Waals surface area contributed by atoms with Gasteiger partial charge in [-0.2, -0.15) is 13.2 Å². The van der Waals surface area contributed by atoms with Crippen LogP contribution in [0.5, 0.6) is 0 Å². The first kappa shape index (κ1) is 14.7. The fraction of sp³-hybridized carbons (Fsp3) is 1.00. The van der Waals surface area contributed by atoms with Crippen molar-refractivity contribution in [2.45, 2.75) is 38.8 Å². The minimum atomic E-state index is -4.01. The predicted octanol–water partition coefficient (Wildman–Crippen LogP) is 2.74. The lowest BCUT2D eigenvalue weighted by Crippen LogP contribution is -2.21. The SMILES string of the molecule is CCCOCCNCCCCC(F)(F)F. The van der Waals surface area contributed by atoms with Crippen LogP contribution in [-0.4, -0.2) is 32.5 Å². The fourth-order valence-electron chi connectivity index (χ4n) is 1.09. The van der Waals surface area contributed by atoms with E-state index in [1.807, 2.05) is 6.92 Å². The molecule has 0 unspecified atom stereocenters. The van der Waals surface area contributed by atoms with Gasteiger partial charge >= 0.3 is 6.18 Å². The molecule has 0 aromatic carbocycles. The Bertz CT molecular complexity index is 139. The molecule has 0 saturated carbocycles. The lowest BCUT2D eigenvalue weighted by atomic mass is 10.2. The zero-order valence-corrected chi connectivity index (χ0v) is 9.20. The van der Waals surface area contributed by atoms with Crippen LogP contribution in [0.2, 0.25) is 0 Å². The molecule has 0 aromatic rings. The molecule has 0 atom stereocenters. The molecule has 0 amide bonds. The molecule has 0 heterocycles. The molecule has 0 aliphatic heterocycles. The Kier molecular flexibility index (Phi) is 8.80. The van der Waals surface area contributed by atoms with E-state index in [-0.39, 0.29) is 6.42 Å². The molecule has 0 bridgehead atoms. The van der Waals surface area contributed by atoms with E-state index in [0.717, 1.165) is 13.0 Å². The van der Waals surface area contributed by atoms with E-state index in [4.69, 9.17) is 4.74 Å². The van der Waals surface area contributed by atoms with Crippen molar-refractivity contribution in [1.29, 1.82) is 0 Å². The van der Waals surface area contributed by atoms with Gasteiger partial charge in [-0.25, -0.2) is 0 Å². The van der Waals surface area contributed by atoms with Crippen LogP contribution in [0, 0.1) is 0 Å². The zero-order chi connectivity index (χ0) is 11.6. The van der Waals surface area contributed by atoms with Crippen molar-refractivity contribution in [2.75, 3.05) is 26.3 Å².